The van der Waals surface area contributed by atoms with Crippen molar-refractivity contribution in [1.29, 1.82) is 0 Å². The topological polar surface area (TPSA) is 80.9 Å². The molecule has 0 spiro atoms. The van der Waals surface area contributed by atoms with E-state index in [1.165, 1.54) is 0 Å². The first-order valence-corrected chi connectivity index (χ1v) is 11.8. The van der Waals surface area contributed by atoms with E-state index in [0.717, 1.165) is 0 Å². The van der Waals surface area contributed by atoms with Gasteiger partial charge in [0.25, 0.3) is 0 Å². The second-order valence-corrected chi connectivity index (χ2v) is 9.11. The van der Waals surface area contributed by atoms with Crippen LogP contribution in [0.2, 0.25) is 0 Å². The Kier molecular flexibility index (Phi) is 5.84. The van der Waals surface area contributed by atoms with E-state index in [4.69, 9.17) is 11.6 Å². The molecule has 0 radical (unpaired) electrons. The molecule has 0 atom stereocenters. The largest absolute Gasteiger partial charge is 0.507 e. The first-order valence-electron chi connectivity index (χ1n) is 11.2. The van der Waals surface area contributed by atoms with Crippen molar-refractivity contribution in [3.8, 4) is 23.0 Å². The third-order valence-corrected chi connectivity index (χ3v) is 7.06. The summed E-state index contributed by atoms with van der Waals surface area (Å²) in [6.07, 6.45) is 1.00. The molecule has 0 aliphatic heterocycles. The SMILES string of the molecule is Oc1c2cccc1Cc1cccc(c1O)C(CCl)c1cccc(c1O)Cc1cccc(c1O)C2. The molecule has 1 aliphatic rings. The van der Waals surface area contributed by atoms with Gasteiger partial charge in [-0.25, -0.2) is 0 Å². The third kappa shape index (κ3) is 3.84. The van der Waals surface area contributed by atoms with Gasteiger partial charge in [0.2, 0.25) is 0 Å². The quantitative estimate of drug-likeness (QED) is 0.257. The van der Waals surface area contributed by atoms with Crippen molar-refractivity contribution in [2.45, 2.75) is 25.2 Å². The lowest BCUT2D eigenvalue weighted by Crippen LogP contribution is -2.07. The minimum Gasteiger partial charge on any atom is -0.507 e. The molecule has 8 bridgehead atoms. The minimum absolute atomic E-state index is 0.109. The van der Waals surface area contributed by atoms with Crippen LogP contribution in [0.1, 0.15) is 50.4 Å². The number of phenols is 4. The van der Waals surface area contributed by atoms with Crippen LogP contribution in [0.3, 0.4) is 0 Å². The Bertz CT molecular complexity index is 1280. The van der Waals surface area contributed by atoms with Crippen molar-refractivity contribution < 1.29 is 20.4 Å². The molecule has 0 saturated carbocycles. The van der Waals surface area contributed by atoms with Crippen LogP contribution in [0.5, 0.6) is 23.0 Å². The van der Waals surface area contributed by atoms with E-state index in [0.29, 0.717) is 63.8 Å². The van der Waals surface area contributed by atoms with E-state index in [1.54, 1.807) is 0 Å². The lowest BCUT2D eigenvalue weighted by molar-refractivity contribution is 0.447. The molecule has 0 saturated heterocycles. The van der Waals surface area contributed by atoms with E-state index in [2.05, 4.69) is 0 Å². The molecule has 4 aromatic rings. The van der Waals surface area contributed by atoms with Crippen LogP contribution in [0.25, 0.3) is 0 Å². The molecular formula is C29H25ClO4. The summed E-state index contributed by atoms with van der Waals surface area (Å²) in [6.45, 7) is 0. The first kappa shape index (κ1) is 22.2. The lowest BCUT2D eigenvalue weighted by atomic mass is 9.86. The number of hydrogen-bond acceptors (Lipinski definition) is 4. The summed E-state index contributed by atoms with van der Waals surface area (Å²) in [5.41, 5.74) is 5.30. The molecule has 4 N–H and O–H groups in total. The Morgan fingerprint density at radius 2 is 0.794 bits per heavy atom. The number of rotatable bonds is 1. The Labute approximate surface area is 203 Å². The third-order valence-electron chi connectivity index (χ3n) is 6.76. The maximum absolute atomic E-state index is 11.2. The molecule has 172 valence electrons. The van der Waals surface area contributed by atoms with Crippen LogP contribution in [0.15, 0.2) is 72.8 Å². The predicted octanol–water partition coefficient (Wildman–Crippen LogP) is 5.97. The van der Waals surface area contributed by atoms with Crippen molar-refractivity contribution in [2.24, 2.45) is 0 Å². The van der Waals surface area contributed by atoms with Gasteiger partial charge in [0.15, 0.2) is 0 Å². The molecule has 4 aromatic carbocycles. The zero-order valence-corrected chi connectivity index (χ0v) is 19.3. The van der Waals surface area contributed by atoms with Crippen LogP contribution in [-0.4, -0.2) is 26.3 Å². The highest BCUT2D eigenvalue weighted by Crippen LogP contribution is 2.42. The molecule has 1 aliphatic carbocycles. The number of para-hydroxylation sites is 4. The highest BCUT2D eigenvalue weighted by Gasteiger charge is 2.24. The van der Waals surface area contributed by atoms with Crippen LogP contribution in [-0.2, 0) is 19.3 Å². The van der Waals surface area contributed by atoms with Gasteiger partial charge in [-0.1, -0.05) is 72.8 Å². The minimum atomic E-state index is -0.436. The number of halogens is 1. The van der Waals surface area contributed by atoms with Crippen LogP contribution >= 0.6 is 11.6 Å². The van der Waals surface area contributed by atoms with Crippen LogP contribution < -0.4 is 0 Å². The Balaban J connectivity index is 1.76. The monoisotopic (exact) mass is 472 g/mol. The van der Waals surface area contributed by atoms with Crippen LogP contribution in [0, 0.1) is 0 Å². The standard InChI is InChI=1S/C29H25ClO4/c30-16-25-23-11-3-9-21(28(23)33)14-19-7-1-5-17(26(19)31)13-18-6-2-8-20(27(18)32)15-22-10-4-12-24(25)29(22)34/h1-12,25,31-34H,13-16H2. The maximum Gasteiger partial charge on any atom is 0.122 e. The summed E-state index contributed by atoms with van der Waals surface area (Å²) < 4.78 is 0. The second-order valence-electron chi connectivity index (χ2n) is 8.80. The number of phenolic OH excluding ortho intramolecular Hbond substituents is 4. The highest BCUT2D eigenvalue weighted by atomic mass is 35.5. The zero-order chi connectivity index (χ0) is 23.8. The van der Waals surface area contributed by atoms with Crippen molar-refractivity contribution in [1.82, 2.24) is 0 Å². The summed E-state index contributed by atoms with van der Waals surface area (Å²) in [5.74, 6) is 0.252. The average molecular weight is 473 g/mol. The van der Waals surface area contributed by atoms with E-state index >= 15 is 0 Å². The number of hydrogen-bond donors (Lipinski definition) is 4. The van der Waals surface area contributed by atoms with Gasteiger partial charge in [0.05, 0.1) is 0 Å². The van der Waals surface area contributed by atoms with Gasteiger partial charge >= 0.3 is 0 Å². The normalized spacial score (nSPS) is 13.6. The summed E-state index contributed by atoms with van der Waals surface area (Å²) >= 11 is 6.38. The summed E-state index contributed by atoms with van der Waals surface area (Å²) in [5, 5.41) is 44.4. The molecule has 0 heterocycles. The molecule has 0 fully saturated rings. The fourth-order valence-corrected chi connectivity index (χ4v) is 5.21. The second kappa shape index (κ2) is 8.96. The average Bonchev–Trinajstić information content (AvgIpc) is 2.83. The van der Waals surface area contributed by atoms with Gasteiger partial charge in [-0.15, -0.1) is 11.6 Å². The fourth-order valence-electron chi connectivity index (χ4n) is 4.88. The van der Waals surface area contributed by atoms with Crippen molar-refractivity contribution in [3.05, 3.63) is 117 Å². The molecular weight excluding hydrogens is 448 g/mol. The van der Waals surface area contributed by atoms with Gasteiger partial charge in [-0.05, 0) is 33.4 Å². The number of aromatic hydroxyl groups is 4. The van der Waals surface area contributed by atoms with Crippen LogP contribution in [0.4, 0.5) is 0 Å². The van der Waals surface area contributed by atoms with Crippen molar-refractivity contribution in [2.75, 3.05) is 5.88 Å². The smallest absolute Gasteiger partial charge is 0.122 e. The summed E-state index contributed by atoms with van der Waals surface area (Å²) in [6, 6.07) is 22.1. The summed E-state index contributed by atoms with van der Waals surface area (Å²) in [4.78, 5) is 0. The van der Waals surface area contributed by atoms with Gasteiger partial charge in [-0.3, -0.25) is 0 Å². The summed E-state index contributed by atoms with van der Waals surface area (Å²) in [7, 11) is 0. The highest BCUT2D eigenvalue weighted by molar-refractivity contribution is 6.18. The van der Waals surface area contributed by atoms with E-state index in [9.17, 15) is 20.4 Å². The van der Waals surface area contributed by atoms with Crippen molar-refractivity contribution >= 4 is 11.6 Å². The van der Waals surface area contributed by atoms with Gasteiger partial charge in [-0.2, -0.15) is 0 Å². The Morgan fingerprint density at radius 1 is 0.500 bits per heavy atom. The molecule has 5 heteroatoms. The number of benzene rings is 4. The molecule has 34 heavy (non-hydrogen) atoms. The number of fused-ring (bicyclic) bond motifs is 8. The first-order chi connectivity index (χ1) is 16.5. The lowest BCUT2D eigenvalue weighted by Gasteiger charge is -2.21. The molecule has 0 aromatic heterocycles. The predicted molar refractivity (Wildman–Crippen MR) is 133 cm³/mol. The molecule has 4 nitrogen and oxygen atoms in total. The van der Waals surface area contributed by atoms with Gasteiger partial charge in [0.1, 0.15) is 23.0 Å². The maximum atomic E-state index is 11.2. The van der Waals surface area contributed by atoms with Gasteiger partial charge < -0.3 is 20.4 Å². The molecule has 0 amide bonds. The fraction of sp³-hybridized carbons (Fsp3) is 0.172. The zero-order valence-electron chi connectivity index (χ0n) is 18.5. The van der Waals surface area contributed by atoms with Crippen molar-refractivity contribution in [3.63, 3.8) is 0 Å². The number of alkyl halides is 1. The Hall–Kier alpha value is -3.63. The molecule has 5 rings (SSSR count). The molecule has 0 unspecified atom stereocenters. The van der Waals surface area contributed by atoms with Gasteiger partial charge in [0, 0.05) is 42.2 Å². The van der Waals surface area contributed by atoms with E-state index < -0.39 is 5.92 Å². The Morgan fingerprint density at radius 3 is 1.12 bits per heavy atom. The van der Waals surface area contributed by atoms with E-state index in [1.807, 2.05) is 72.8 Å². The van der Waals surface area contributed by atoms with E-state index in [-0.39, 0.29) is 28.9 Å².